The molecule has 1 unspecified atom stereocenters. The molecule has 0 aliphatic heterocycles. The van der Waals surface area contributed by atoms with E-state index in [0.29, 0.717) is 12.0 Å². The molecular weight excluding hydrogens is 429 g/mol. The largest absolute Gasteiger partial charge is 0.383 e. The van der Waals surface area contributed by atoms with Gasteiger partial charge in [-0.1, -0.05) is 19.8 Å². The van der Waals surface area contributed by atoms with Gasteiger partial charge in [-0.15, -0.1) is 24.0 Å². The van der Waals surface area contributed by atoms with E-state index in [0.717, 1.165) is 24.6 Å². The number of guanidine groups is 1. The Balaban J connectivity index is 0.00000312. The van der Waals surface area contributed by atoms with Gasteiger partial charge in [-0.2, -0.15) is 5.10 Å². The molecule has 0 spiro atoms. The van der Waals surface area contributed by atoms with Crippen molar-refractivity contribution < 1.29 is 5.11 Å². The van der Waals surface area contributed by atoms with Crippen molar-refractivity contribution in [3.8, 4) is 0 Å². The lowest BCUT2D eigenvalue weighted by Crippen LogP contribution is -2.43. The first-order chi connectivity index (χ1) is 11.4. The molecule has 1 aromatic heterocycles. The molecular formula is C18H34IN5O. The molecule has 2 rings (SSSR count). The van der Waals surface area contributed by atoms with Crippen LogP contribution >= 0.6 is 24.0 Å². The van der Waals surface area contributed by atoms with Gasteiger partial charge in [0.15, 0.2) is 5.96 Å². The molecule has 1 atom stereocenters. The summed E-state index contributed by atoms with van der Waals surface area (Å²) in [5, 5.41) is 21.6. The van der Waals surface area contributed by atoms with Crippen molar-refractivity contribution in [3.63, 3.8) is 0 Å². The van der Waals surface area contributed by atoms with Crippen LogP contribution < -0.4 is 10.6 Å². The number of rotatable bonds is 7. The zero-order chi connectivity index (χ0) is 17.6. The standard InChI is InChI=1S/C18H33N5O.HI/c1-5-18(9-7-8-10-18)14-21-16(19-6-2)20-13-17(3,24)15-11-22-23(4)12-15;/h11-12,24H,5-10,13-14H2,1-4H3,(H2,19,20,21);1H. The maximum absolute atomic E-state index is 10.7. The van der Waals surface area contributed by atoms with E-state index in [1.165, 1.54) is 32.1 Å². The van der Waals surface area contributed by atoms with Crippen molar-refractivity contribution >= 4 is 29.9 Å². The third-order valence-electron chi connectivity index (χ3n) is 5.26. The number of aromatic nitrogens is 2. The summed E-state index contributed by atoms with van der Waals surface area (Å²) in [6.45, 7) is 8.17. The number of aryl methyl sites for hydroxylation is 1. The van der Waals surface area contributed by atoms with Crippen LogP contribution in [0.3, 0.4) is 0 Å². The van der Waals surface area contributed by atoms with E-state index in [4.69, 9.17) is 0 Å². The quantitative estimate of drug-likeness (QED) is 0.330. The van der Waals surface area contributed by atoms with Gasteiger partial charge in [0, 0.05) is 31.9 Å². The number of hydrogen-bond donors (Lipinski definition) is 3. The highest BCUT2D eigenvalue weighted by Crippen LogP contribution is 2.40. The van der Waals surface area contributed by atoms with Crippen molar-refractivity contribution in [3.05, 3.63) is 18.0 Å². The second kappa shape index (κ2) is 9.75. The van der Waals surface area contributed by atoms with Gasteiger partial charge in [0.2, 0.25) is 0 Å². The summed E-state index contributed by atoms with van der Waals surface area (Å²) < 4.78 is 1.70. The van der Waals surface area contributed by atoms with Gasteiger partial charge < -0.3 is 15.7 Å². The highest BCUT2D eigenvalue weighted by Gasteiger charge is 2.32. The van der Waals surface area contributed by atoms with E-state index in [1.807, 2.05) is 13.2 Å². The minimum Gasteiger partial charge on any atom is -0.383 e. The van der Waals surface area contributed by atoms with Gasteiger partial charge in [0.25, 0.3) is 0 Å². The number of nitrogens with one attached hydrogen (secondary N) is 2. The lowest BCUT2D eigenvalue weighted by atomic mass is 9.83. The average molecular weight is 463 g/mol. The van der Waals surface area contributed by atoms with Gasteiger partial charge in [-0.25, -0.2) is 4.99 Å². The van der Waals surface area contributed by atoms with Crippen molar-refractivity contribution in [2.75, 3.05) is 19.6 Å². The van der Waals surface area contributed by atoms with E-state index in [-0.39, 0.29) is 24.0 Å². The lowest BCUT2D eigenvalue weighted by molar-refractivity contribution is 0.0671. The highest BCUT2D eigenvalue weighted by molar-refractivity contribution is 14.0. The summed E-state index contributed by atoms with van der Waals surface area (Å²) in [7, 11) is 1.85. The lowest BCUT2D eigenvalue weighted by Gasteiger charge is -2.29. The van der Waals surface area contributed by atoms with Crippen LogP contribution in [0, 0.1) is 5.41 Å². The minimum atomic E-state index is -1.02. The van der Waals surface area contributed by atoms with Crippen molar-refractivity contribution in [1.82, 2.24) is 20.4 Å². The Morgan fingerprint density at radius 2 is 2.04 bits per heavy atom. The Morgan fingerprint density at radius 3 is 2.56 bits per heavy atom. The Kier molecular flexibility index (Phi) is 8.67. The number of hydrogen-bond acceptors (Lipinski definition) is 3. The van der Waals surface area contributed by atoms with Gasteiger partial charge in [-0.3, -0.25) is 4.68 Å². The van der Waals surface area contributed by atoms with Gasteiger partial charge in [-0.05, 0) is 38.5 Å². The molecule has 3 N–H and O–H groups in total. The van der Waals surface area contributed by atoms with Gasteiger partial charge in [0.05, 0.1) is 12.7 Å². The molecule has 1 aromatic rings. The molecule has 0 bridgehead atoms. The van der Waals surface area contributed by atoms with E-state index >= 15 is 0 Å². The molecule has 0 saturated heterocycles. The van der Waals surface area contributed by atoms with E-state index in [1.54, 1.807) is 17.8 Å². The highest BCUT2D eigenvalue weighted by atomic mass is 127. The molecule has 1 fully saturated rings. The van der Waals surface area contributed by atoms with E-state index < -0.39 is 5.60 Å². The molecule has 0 radical (unpaired) electrons. The van der Waals surface area contributed by atoms with Crippen LogP contribution in [0.15, 0.2) is 17.4 Å². The predicted octanol–water partition coefficient (Wildman–Crippen LogP) is 2.77. The van der Waals surface area contributed by atoms with Gasteiger partial charge >= 0.3 is 0 Å². The Morgan fingerprint density at radius 1 is 1.36 bits per heavy atom. The molecule has 0 aromatic carbocycles. The fraction of sp³-hybridized carbons (Fsp3) is 0.778. The number of aliphatic hydroxyl groups is 1. The Hall–Kier alpha value is -0.830. The molecule has 7 heteroatoms. The van der Waals surface area contributed by atoms with Crippen LogP contribution in [0.2, 0.25) is 0 Å². The van der Waals surface area contributed by atoms with Crippen LogP contribution in [0.25, 0.3) is 0 Å². The Labute approximate surface area is 168 Å². The first-order valence-corrected chi connectivity index (χ1v) is 9.14. The fourth-order valence-corrected chi connectivity index (χ4v) is 3.42. The topological polar surface area (TPSA) is 74.5 Å². The predicted molar refractivity (Wildman–Crippen MR) is 113 cm³/mol. The summed E-state index contributed by atoms with van der Waals surface area (Å²) in [6.07, 6.45) is 9.98. The maximum Gasteiger partial charge on any atom is 0.191 e. The molecule has 25 heavy (non-hydrogen) atoms. The molecule has 0 amide bonds. The molecule has 1 aliphatic carbocycles. The van der Waals surface area contributed by atoms with Crippen LogP contribution in [0.5, 0.6) is 0 Å². The number of halogens is 1. The fourth-order valence-electron chi connectivity index (χ4n) is 3.42. The van der Waals surface area contributed by atoms with E-state index in [9.17, 15) is 5.11 Å². The zero-order valence-corrected chi connectivity index (χ0v) is 18.3. The van der Waals surface area contributed by atoms with E-state index in [2.05, 4.69) is 34.6 Å². The van der Waals surface area contributed by atoms with Crippen molar-refractivity contribution in [2.45, 2.75) is 58.5 Å². The van der Waals surface area contributed by atoms with Crippen LogP contribution in [-0.2, 0) is 12.6 Å². The summed E-state index contributed by atoms with van der Waals surface area (Å²) in [4.78, 5) is 4.60. The monoisotopic (exact) mass is 463 g/mol. The first kappa shape index (κ1) is 22.2. The van der Waals surface area contributed by atoms with Crippen molar-refractivity contribution in [2.24, 2.45) is 17.5 Å². The second-order valence-electron chi connectivity index (χ2n) is 7.29. The second-order valence-corrected chi connectivity index (χ2v) is 7.29. The zero-order valence-electron chi connectivity index (χ0n) is 16.0. The molecule has 1 aliphatic rings. The molecule has 1 saturated carbocycles. The molecule has 1 heterocycles. The normalized spacial score (nSPS) is 19.2. The first-order valence-electron chi connectivity index (χ1n) is 9.14. The number of aliphatic imine (C=N–C) groups is 1. The summed E-state index contributed by atoms with van der Waals surface area (Å²) >= 11 is 0. The maximum atomic E-state index is 10.7. The number of nitrogens with zero attached hydrogens (tertiary/aromatic N) is 3. The van der Waals surface area contributed by atoms with Gasteiger partial charge in [0.1, 0.15) is 5.60 Å². The average Bonchev–Trinajstić information content (AvgIpc) is 3.20. The van der Waals surface area contributed by atoms with Crippen molar-refractivity contribution in [1.29, 1.82) is 0 Å². The molecule has 6 nitrogen and oxygen atoms in total. The summed E-state index contributed by atoms with van der Waals surface area (Å²) in [5.41, 5.74) is 0.166. The summed E-state index contributed by atoms with van der Waals surface area (Å²) in [5.74, 6) is 0.779. The van der Waals surface area contributed by atoms with Crippen LogP contribution in [-0.4, -0.2) is 40.5 Å². The smallest absolute Gasteiger partial charge is 0.191 e. The SMILES string of the molecule is CCNC(=NCC(C)(O)c1cnn(C)c1)NCC1(CC)CCCC1.I. The Bertz CT molecular complexity index is 549. The molecule has 144 valence electrons. The minimum absolute atomic E-state index is 0. The van der Waals surface area contributed by atoms with Crippen LogP contribution in [0.4, 0.5) is 0 Å². The third-order valence-corrected chi connectivity index (χ3v) is 5.26. The summed E-state index contributed by atoms with van der Waals surface area (Å²) in [6, 6.07) is 0. The third kappa shape index (κ3) is 6.13. The van der Waals surface area contributed by atoms with Crippen LogP contribution in [0.1, 0.15) is 58.4 Å².